The van der Waals surface area contributed by atoms with E-state index in [0.717, 1.165) is 39.9 Å². The van der Waals surface area contributed by atoms with Gasteiger partial charge in [-0.2, -0.15) is 0 Å². The van der Waals surface area contributed by atoms with Crippen molar-refractivity contribution < 1.29 is 28.9 Å². The van der Waals surface area contributed by atoms with Crippen molar-refractivity contribution in [2.45, 2.75) is 71.0 Å². The Labute approximate surface area is 277 Å². The first-order valence-electron chi connectivity index (χ1n) is 16.1. The van der Waals surface area contributed by atoms with E-state index in [9.17, 15) is 14.7 Å². The van der Waals surface area contributed by atoms with Crippen LogP contribution >= 0.6 is 0 Å². The molecule has 8 heteroatoms. The van der Waals surface area contributed by atoms with Crippen molar-refractivity contribution >= 4 is 11.9 Å². The largest absolute Gasteiger partial charge is 0.453 e. The van der Waals surface area contributed by atoms with Crippen LogP contribution in [0.25, 0.3) is 11.1 Å². The van der Waals surface area contributed by atoms with Crippen molar-refractivity contribution in [2.24, 2.45) is 0 Å². The minimum Gasteiger partial charge on any atom is -0.453 e. The number of hydrogen-bond acceptors (Lipinski definition) is 7. The Morgan fingerprint density at radius 3 is 2.23 bits per heavy atom. The lowest BCUT2D eigenvalue weighted by Crippen LogP contribution is -2.38. The second kappa shape index (κ2) is 16.0. The van der Waals surface area contributed by atoms with Crippen LogP contribution in [0.3, 0.4) is 0 Å². The van der Waals surface area contributed by atoms with Gasteiger partial charge in [0.1, 0.15) is 0 Å². The monoisotopic (exact) mass is 636 g/mol. The van der Waals surface area contributed by atoms with E-state index < -0.39 is 18.4 Å². The van der Waals surface area contributed by atoms with E-state index in [-0.39, 0.29) is 30.8 Å². The van der Waals surface area contributed by atoms with Gasteiger partial charge in [0.2, 0.25) is 0 Å². The third-order valence-corrected chi connectivity index (χ3v) is 8.73. The van der Waals surface area contributed by atoms with Crippen LogP contribution in [-0.4, -0.2) is 47.7 Å². The molecule has 0 saturated carbocycles. The average molecular weight is 637 g/mol. The van der Waals surface area contributed by atoms with Gasteiger partial charge in [-0.3, -0.25) is 14.5 Å². The molecule has 4 aromatic rings. The molecule has 0 aliphatic carbocycles. The fourth-order valence-corrected chi connectivity index (χ4v) is 5.90. The van der Waals surface area contributed by atoms with Crippen LogP contribution in [0.5, 0.6) is 0 Å². The van der Waals surface area contributed by atoms with E-state index in [1.807, 2.05) is 78.9 Å². The number of nitrogens with one attached hydrogen (secondary N) is 1. The number of aliphatic hydroxyl groups excluding tert-OH is 1. The average Bonchev–Trinajstić information content (AvgIpc) is 3.10. The zero-order valence-electron chi connectivity index (χ0n) is 27.5. The SMILES string of the molecule is CC(=O)O[C@@H](C)C(=O)NCc1ccccc1-c1ccc([C@H]2O[C@@H](CN(C)[C@@H](C)c3ccccc3)C[C@@H](c3ccc(CO)cc3)O2)cc1. The molecule has 0 unspecified atom stereocenters. The Morgan fingerprint density at radius 2 is 1.55 bits per heavy atom. The summed E-state index contributed by atoms with van der Waals surface area (Å²) >= 11 is 0. The quantitative estimate of drug-likeness (QED) is 0.168. The molecule has 1 amide bonds. The zero-order chi connectivity index (χ0) is 33.3. The van der Waals surface area contributed by atoms with Crippen molar-refractivity contribution in [3.8, 4) is 11.1 Å². The van der Waals surface area contributed by atoms with E-state index in [0.29, 0.717) is 13.0 Å². The molecular formula is C39H44N2O6. The molecular weight excluding hydrogens is 592 g/mol. The molecule has 1 aliphatic rings. The molecule has 47 heavy (non-hydrogen) atoms. The summed E-state index contributed by atoms with van der Waals surface area (Å²) in [5.74, 6) is -0.846. The summed E-state index contributed by atoms with van der Waals surface area (Å²) < 4.78 is 18.2. The molecule has 2 N–H and O–H groups in total. The Kier molecular flexibility index (Phi) is 11.6. The van der Waals surface area contributed by atoms with Crippen molar-refractivity contribution in [1.29, 1.82) is 0 Å². The fraction of sp³-hybridized carbons (Fsp3) is 0.333. The van der Waals surface area contributed by atoms with Gasteiger partial charge in [-0.15, -0.1) is 0 Å². The number of carbonyl (C=O) groups is 2. The predicted octanol–water partition coefficient (Wildman–Crippen LogP) is 6.65. The van der Waals surface area contributed by atoms with Gasteiger partial charge in [0.05, 0.1) is 18.8 Å². The molecule has 1 aliphatic heterocycles. The summed E-state index contributed by atoms with van der Waals surface area (Å²) in [6.07, 6.45) is -0.983. The first-order chi connectivity index (χ1) is 22.7. The Morgan fingerprint density at radius 1 is 0.894 bits per heavy atom. The number of benzene rings is 4. The lowest BCUT2D eigenvalue weighted by Gasteiger charge is -2.39. The number of likely N-dealkylation sites (N-methyl/N-ethyl adjacent to an activating group) is 1. The Bertz CT molecular complexity index is 1610. The minimum atomic E-state index is -0.865. The van der Waals surface area contributed by atoms with Crippen LogP contribution in [-0.2, 0) is 37.0 Å². The van der Waals surface area contributed by atoms with Crippen LogP contribution in [0.1, 0.15) is 73.4 Å². The lowest BCUT2D eigenvalue weighted by molar-refractivity contribution is -0.253. The topological polar surface area (TPSA) is 97.3 Å². The third-order valence-electron chi connectivity index (χ3n) is 8.73. The molecule has 0 aromatic heterocycles. The molecule has 1 fully saturated rings. The lowest BCUT2D eigenvalue weighted by atomic mass is 9.97. The van der Waals surface area contributed by atoms with Gasteiger partial charge in [0, 0.05) is 38.0 Å². The van der Waals surface area contributed by atoms with Crippen LogP contribution in [0.15, 0.2) is 103 Å². The zero-order valence-corrected chi connectivity index (χ0v) is 27.5. The predicted molar refractivity (Wildman–Crippen MR) is 181 cm³/mol. The van der Waals surface area contributed by atoms with Gasteiger partial charge in [0.25, 0.3) is 5.91 Å². The maximum atomic E-state index is 12.5. The van der Waals surface area contributed by atoms with Crippen LogP contribution in [0.2, 0.25) is 0 Å². The molecule has 1 saturated heterocycles. The molecule has 5 rings (SSSR count). The standard InChI is InChI=1S/C39H44N2O6/c1-26(30-10-6-5-7-11-30)41(4)24-35-22-37(32-16-14-29(25-42)15-17-32)47-39(46-35)33-20-18-31(19-21-33)36-13-9-8-12-34(36)23-40-38(44)27(2)45-28(3)43/h5-21,26-27,35,37,39,42H,22-25H2,1-4H3,(H,40,44)/t26-,27-,35+,37-,39-/m0/s1. The second-order valence-electron chi connectivity index (χ2n) is 12.1. The maximum absolute atomic E-state index is 12.5. The van der Waals surface area contributed by atoms with Crippen LogP contribution < -0.4 is 5.32 Å². The molecule has 4 aromatic carbocycles. The van der Waals surface area contributed by atoms with E-state index in [2.05, 4.69) is 48.5 Å². The molecule has 0 spiro atoms. The number of amides is 1. The number of esters is 1. The number of ether oxygens (including phenoxy) is 3. The summed E-state index contributed by atoms with van der Waals surface area (Å²) in [4.78, 5) is 26.0. The van der Waals surface area contributed by atoms with Crippen LogP contribution in [0, 0.1) is 0 Å². The highest BCUT2D eigenvalue weighted by Gasteiger charge is 2.33. The van der Waals surface area contributed by atoms with Crippen molar-refractivity contribution in [3.63, 3.8) is 0 Å². The van der Waals surface area contributed by atoms with Crippen molar-refractivity contribution in [3.05, 3.63) is 131 Å². The van der Waals surface area contributed by atoms with E-state index in [4.69, 9.17) is 14.2 Å². The molecule has 1 heterocycles. The summed E-state index contributed by atoms with van der Waals surface area (Å²) in [5.41, 5.74) is 7.00. The van der Waals surface area contributed by atoms with E-state index in [1.54, 1.807) is 6.92 Å². The number of carbonyl (C=O) groups excluding carboxylic acids is 2. The molecule has 5 atom stereocenters. The van der Waals surface area contributed by atoms with E-state index in [1.165, 1.54) is 12.5 Å². The highest BCUT2D eigenvalue weighted by molar-refractivity contribution is 5.83. The highest BCUT2D eigenvalue weighted by Crippen LogP contribution is 2.39. The van der Waals surface area contributed by atoms with Gasteiger partial charge < -0.3 is 24.6 Å². The summed E-state index contributed by atoms with van der Waals surface area (Å²) in [5, 5.41) is 12.4. The summed E-state index contributed by atoms with van der Waals surface area (Å²) in [6, 6.07) is 34.6. The molecule has 0 bridgehead atoms. The van der Waals surface area contributed by atoms with E-state index >= 15 is 0 Å². The molecule has 0 radical (unpaired) electrons. The molecule has 246 valence electrons. The first kappa shape index (κ1) is 34.0. The van der Waals surface area contributed by atoms with Gasteiger partial charge >= 0.3 is 5.97 Å². The van der Waals surface area contributed by atoms with Crippen molar-refractivity contribution in [2.75, 3.05) is 13.6 Å². The molecule has 8 nitrogen and oxygen atoms in total. The first-order valence-corrected chi connectivity index (χ1v) is 16.1. The third kappa shape index (κ3) is 8.93. The normalized spacial score (nSPS) is 19.1. The maximum Gasteiger partial charge on any atom is 0.303 e. The smallest absolute Gasteiger partial charge is 0.303 e. The van der Waals surface area contributed by atoms with Gasteiger partial charge in [-0.25, -0.2) is 0 Å². The highest BCUT2D eigenvalue weighted by atomic mass is 16.7. The number of hydrogen-bond donors (Lipinski definition) is 2. The van der Waals surface area contributed by atoms with Crippen molar-refractivity contribution in [1.82, 2.24) is 10.2 Å². The fourth-order valence-electron chi connectivity index (χ4n) is 5.90. The minimum absolute atomic E-state index is 0.00240. The summed E-state index contributed by atoms with van der Waals surface area (Å²) in [7, 11) is 2.13. The number of rotatable bonds is 12. The summed E-state index contributed by atoms with van der Waals surface area (Å²) in [6.45, 7) is 6.07. The second-order valence-corrected chi connectivity index (χ2v) is 12.1. The Balaban J connectivity index is 1.33. The Hall–Kier alpha value is -4.34. The van der Waals surface area contributed by atoms with Gasteiger partial charge in [-0.05, 0) is 54.3 Å². The van der Waals surface area contributed by atoms with Crippen LogP contribution in [0.4, 0.5) is 0 Å². The van der Waals surface area contributed by atoms with Gasteiger partial charge in [-0.1, -0.05) is 103 Å². The number of aliphatic hydroxyl groups is 1. The number of nitrogens with zero attached hydrogens (tertiary/aromatic N) is 1. The van der Waals surface area contributed by atoms with Gasteiger partial charge in [0.15, 0.2) is 12.4 Å².